The molecule has 2 atom stereocenters. The minimum Gasteiger partial charge on any atom is -0.444 e. The van der Waals surface area contributed by atoms with Crippen molar-refractivity contribution in [2.24, 2.45) is 0 Å². The summed E-state index contributed by atoms with van der Waals surface area (Å²) in [7, 11) is 0. The monoisotopic (exact) mass is 519 g/mol. The van der Waals surface area contributed by atoms with E-state index in [1.54, 1.807) is 20.8 Å². The maximum atomic E-state index is 13.8. The number of hydrogen-bond acceptors (Lipinski definition) is 5. The molecule has 8 nitrogen and oxygen atoms in total. The van der Waals surface area contributed by atoms with Gasteiger partial charge in [0, 0.05) is 13.1 Å². The molecule has 1 aromatic rings. The largest absolute Gasteiger partial charge is 0.444 e. The predicted molar refractivity (Wildman–Crippen MR) is 147 cm³/mol. The molecule has 210 valence electrons. The molecule has 3 amide bonds. The molecule has 0 heterocycles. The summed E-state index contributed by atoms with van der Waals surface area (Å²) < 4.78 is 5.30. The Hall–Kier alpha value is -2.61. The summed E-state index contributed by atoms with van der Waals surface area (Å²) in [6.45, 7) is 13.6. The van der Waals surface area contributed by atoms with Gasteiger partial charge < -0.3 is 25.4 Å². The van der Waals surface area contributed by atoms with Crippen LogP contribution >= 0.6 is 0 Å². The van der Waals surface area contributed by atoms with Gasteiger partial charge in [0.05, 0.1) is 6.61 Å². The smallest absolute Gasteiger partial charge is 0.408 e. The van der Waals surface area contributed by atoms with Crippen molar-refractivity contribution in [1.29, 1.82) is 0 Å². The van der Waals surface area contributed by atoms with Gasteiger partial charge in [-0.1, -0.05) is 64.2 Å². The highest BCUT2D eigenvalue weighted by atomic mass is 16.6. The summed E-state index contributed by atoms with van der Waals surface area (Å²) in [5.41, 5.74) is 2.05. The number of nitrogens with zero attached hydrogens (tertiary/aromatic N) is 1. The molecule has 0 aliphatic rings. The summed E-state index contributed by atoms with van der Waals surface area (Å²) in [6, 6.07) is 3.64. The van der Waals surface area contributed by atoms with Crippen LogP contribution in [0.5, 0.6) is 0 Å². The Balaban J connectivity index is 3.37. The van der Waals surface area contributed by atoms with Gasteiger partial charge in [-0.25, -0.2) is 4.79 Å². The molecule has 0 aromatic heterocycles. The van der Waals surface area contributed by atoms with E-state index in [0.717, 1.165) is 49.7 Å². The van der Waals surface area contributed by atoms with Crippen LogP contribution in [0.3, 0.4) is 0 Å². The number of ether oxygens (including phenoxy) is 1. The van der Waals surface area contributed by atoms with Crippen molar-refractivity contribution in [2.45, 2.75) is 111 Å². The SMILES string of the molecule is CCCCCCCN(C(=O)C(CO)NC(=O)OC(C)(C)C)C(C(=O)NCCCC)c1ccc(C)c(C)c1. The zero-order chi connectivity index (χ0) is 28.0. The molecule has 0 aliphatic carbocycles. The highest BCUT2D eigenvalue weighted by Gasteiger charge is 2.36. The zero-order valence-electron chi connectivity index (χ0n) is 24.0. The van der Waals surface area contributed by atoms with Crippen molar-refractivity contribution in [3.05, 3.63) is 34.9 Å². The Kier molecular flexibility index (Phi) is 14.3. The molecule has 0 fully saturated rings. The molecule has 0 radical (unpaired) electrons. The number of rotatable bonds is 15. The summed E-state index contributed by atoms with van der Waals surface area (Å²) in [4.78, 5) is 41.3. The second kappa shape index (κ2) is 16.3. The van der Waals surface area contributed by atoms with Gasteiger partial charge in [0.2, 0.25) is 11.8 Å². The van der Waals surface area contributed by atoms with Crippen LogP contribution in [0.25, 0.3) is 0 Å². The summed E-state index contributed by atoms with van der Waals surface area (Å²) in [5, 5.41) is 15.5. The van der Waals surface area contributed by atoms with E-state index in [4.69, 9.17) is 4.74 Å². The van der Waals surface area contributed by atoms with Gasteiger partial charge in [0.1, 0.15) is 17.7 Å². The van der Waals surface area contributed by atoms with Gasteiger partial charge in [0.15, 0.2) is 0 Å². The molecule has 8 heteroatoms. The standard InChI is InChI=1S/C29H49N3O5/c1-8-10-12-13-14-18-32(27(35)24(20-33)31-28(36)37-29(5,6)7)25(26(34)30-17-11-9-2)23-16-15-21(3)22(4)19-23/h15-16,19,24-25,33H,8-14,17-18,20H2,1-7H3,(H,30,34)(H,31,36). The maximum Gasteiger partial charge on any atom is 0.408 e. The van der Waals surface area contributed by atoms with Gasteiger partial charge in [-0.05, 0) is 64.2 Å². The molecular weight excluding hydrogens is 470 g/mol. The fourth-order valence-corrected chi connectivity index (χ4v) is 3.98. The highest BCUT2D eigenvalue weighted by molar-refractivity contribution is 5.92. The van der Waals surface area contributed by atoms with Crippen LogP contribution < -0.4 is 10.6 Å². The fraction of sp³-hybridized carbons (Fsp3) is 0.690. The van der Waals surface area contributed by atoms with E-state index in [2.05, 4.69) is 17.6 Å². The lowest BCUT2D eigenvalue weighted by Crippen LogP contribution is -2.54. The fourth-order valence-electron chi connectivity index (χ4n) is 3.98. The number of aliphatic hydroxyl groups excluding tert-OH is 1. The maximum absolute atomic E-state index is 13.8. The molecule has 0 saturated carbocycles. The van der Waals surface area contributed by atoms with E-state index >= 15 is 0 Å². The number of carbonyl (C=O) groups excluding carboxylic acids is 3. The van der Waals surface area contributed by atoms with Gasteiger partial charge in [-0.15, -0.1) is 0 Å². The Bertz CT molecular complexity index is 866. The van der Waals surface area contributed by atoms with E-state index in [1.165, 1.54) is 4.90 Å². The van der Waals surface area contributed by atoms with Crippen molar-refractivity contribution >= 4 is 17.9 Å². The molecule has 0 saturated heterocycles. The number of aliphatic hydroxyl groups is 1. The third-order valence-corrected chi connectivity index (χ3v) is 6.19. The van der Waals surface area contributed by atoms with E-state index in [1.807, 2.05) is 39.0 Å². The first kappa shape index (κ1) is 32.4. The zero-order valence-corrected chi connectivity index (χ0v) is 24.0. The first-order chi connectivity index (χ1) is 17.4. The number of alkyl carbamates (subject to hydrolysis) is 1. The minimum atomic E-state index is -1.23. The van der Waals surface area contributed by atoms with Crippen LogP contribution in [0.2, 0.25) is 0 Å². The molecule has 1 aromatic carbocycles. The van der Waals surface area contributed by atoms with Gasteiger partial charge >= 0.3 is 6.09 Å². The van der Waals surface area contributed by atoms with Crippen LogP contribution in [0, 0.1) is 13.8 Å². The first-order valence-corrected chi connectivity index (χ1v) is 13.7. The number of unbranched alkanes of at least 4 members (excludes halogenated alkanes) is 5. The number of amides is 3. The second-order valence-corrected chi connectivity index (χ2v) is 10.7. The highest BCUT2D eigenvalue weighted by Crippen LogP contribution is 2.26. The van der Waals surface area contributed by atoms with Crippen LogP contribution in [-0.4, -0.2) is 59.3 Å². The number of nitrogens with one attached hydrogen (secondary N) is 2. The van der Waals surface area contributed by atoms with Crippen molar-refractivity contribution < 1.29 is 24.2 Å². The number of aryl methyl sites for hydroxylation is 2. The van der Waals surface area contributed by atoms with Crippen molar-refractivity contribution in [3.63, 3.8) is 0 Å². The average Bonchev–Trinajstić information content (AvgIpc) is 2.82. The normalized spacial score (nSPS) is 13.0. The summed E-state index contributed by atoms with van der Waals surface area (Å²) in [5.74, 6) is -0.787. The van der Waals surface area contributed by atoms with Gasteiger partial charge in [-0.3, -0.25) is 9.59 Å². The molecule has 0 bridgehead atoms. The Morgan fingerprint density at radius 1 is 0.973 bits per heavy atom. The van der Waals surface area contributed by atoms with Crippen molar-refractivity contribution in [2.75, 3.05) is 19.7 Å². The van der Waals surface area contributed by atoms with Gasteiger partial charge in [0.25, 0.3) is 0 Å². The second-order valence-electron chi connectivity index (χ2n) is 10.7. The quantitative estimate of drug-likeness (QED) is 0.284. The number of hydrogen-bond donors (Lipinski definition) is 3. The molecular formula is C29H49N3O5. The Morgan fingerprint density at radius 2 is 1.62 bits per heavy atom. The van der Waals surface area contributed by atoms with Crippen molar-refractivity contribution in [3.8, 4) is 0 Å². The first-order valence-electron chi connectivity index (χ1n) is 13.7. The Labute approximate surface area is 223 Å². The third kappa shape index (κ3) is 11.5. The minimum absolute atomic E-state index is 0.271. The van der Waals surface area contributed by atoms with Crippen LogP contribution in [0.1, 0.15) is 102 Å². The topological polar surface area (TPSA) is 108 Å². The van der Waals surface area contributed by atoms with Crippen molar-refractivity contribution in [1.82, 2.24) is 15.5 Å². The van der Waals surface area contributed by atoms with E-state index in [-0.39, 0.29) is 5.91 Å². The lowest BCUT2D eigenvalue weighted by atomic mass is 9.98. The van der Waals surface area contributed by atoms with Crippen LogP contribution in [0.15, 0.2) is 18.2 Å². The van der Waals surface area contributed by atoms with E-state index in [0.29, 0.717) is 25.1 Å². The molecule has 1 rings (SSSR count). The van der Waals surface area contributed by atoms with Gasteiger partial charge in [-0.2, -0.15) is 0 Å². The molecule has 37 heavy (non-hydrogen) atoms. The lowest BCUT2D eigenvalue weighted by Gasteiger charge is -2.34. The van der Waals surface area contributed by atoms with E-state index in [9.17, 15) is 19.5 Å². The lowest BCUT2D eigenvalue weighted by molar-refractivity contribution is -0.143. The Morgan fingerprint density at radius 3 is 2.19 bits per heavy atom. The van der Waals surface area contributed by atoms with Crippen LogP contribution in [0.4, 0.5) is 4.79 Å². The average molecular weight is 520 g/mol. The molecule has 3 N–H and O–H groups in total. The molecule has 2 unspecified atom stereocenters. The number of benzene rings is 1. The number of carbonyl (C=O) groups is 3. The predicted octanol–water partition coefficient (Wildman–Crippen LogP) is 4.95. The summed E-state index contributed by atoms with van der Waals surface area (Å²) >= 11 is 0. The van der Waals surface area contributed by atoms with Crippen LogP contribution in [-0.2, 0) is 14.3 Å². The summed E-state index contributed by atoms with van der Waals surface area (Å²) in [6.07, 6.45) is 5.83. The molecule has 0 aliphatic heterocycles. The molecule has 0 spiro atoms. The third-order valence-electron chi connectivity index (χ3n) is 6.19. The van der Waals surface area contributed by atoms with E-state index < -0.39 is 36.3 Å².